The van der Waals surface area contributed by atoms with Crippen LogP contribution in [-0.2, 0) is 10.8 Å². The number of allylic oxidation sites excluding steroid dienone is 2. The maximum atomic E-state index is 2.57. The summed E-state index contributed by atoms with van der Waals surface area (Å²) in [5.74, 6) is 0.361. The molecule has 1 spiro atoms. The number of nitrogens with zero attached hydrogens (tertiary/aromatic N) is 2. The summed E-state index contributed by atoms with van der Waals surface area (Å²) < 4.78 is 0. The molecule has 0 aromatic heterocycles. The fourth-order valence-electron chi connectivity index (χ4n) is 13.5. The Morgan fingerprint density at radius 3 is 1.69 bits per heavy atom. The summed E-state index contributed by atoms with van der Waals surface area (Å²) in [7, 11) is 0. The summed E-state index contributed by atoms with van der Waals surface area (Å²) in [4.78, 5) is 5.08. The van der Waals surface area contributed by atoms with Crippen LogP contribution in [0.1, 0.15) is 81.0 Å². The van der Waals surface area contributed by atoms with E-state index in [-0.39, 0.29) is 11.5 Å². The van der Waals surface area contributed by atoms with Gasteiger partial charge in [0.1, 0.15) is 0 Å². The lowest BCUT2D eigenvalue weighted by Crippen LogP contribution is -2.28. The van der Waals surface area contributed by atoms with Crippen LogP contribution in [0.25, 0.3) is 44.5 Å². The summed E-state index contributed by atoms with van der Waals surface area (Å²) in [6.07, 6.45) is 9.08. The van der Waals surface area contributed by atoms with Crippen LogP contribution in [0.3, 0.4) is 0 Å². The number of aryl methyl sites for hydroxylation is 4. The summed E-state index contributed by atoms with van der Waals surface area (Å²) in [6.45, 7) is 13.8. The molecule has 0 radical (unpaired) electrons. The van der Waals surface area contributed by atoms with E-state index >= 15 is 0 Å². The van der Waals surface area contributed by atoms with Gasteiger partial charge >= 0.3 is 0 Å². The number of para-hydroxylation sites is 1. The molecule has 70 heavy (non-hydrogen) atoms. The van der Waals surface area contributed by atoms with Crippen LogP contribution in [0, 0.1) is 27.7 Å². The lowest BCUT2D eigenvalue weighted by Gasteiger charge is -2.33. The van der Waals surface area contributed by atoms with Crippen LogP contribution in [0.2, 0.25) is 0 Å². The smallest absolute Gasteiger partial charge is 0.0726 e. The monoisotopic (exact) mass is 898 g/mol. The van der Waals surface area contributed by atoms with Crippen molar-refractivity contribution in [3.63, 3.8) is 0 Å². The van der Waals surface area contributed by atoms with E-state index in [2.05, 4.69) is 258 Å². The van der Waals surface area contributed by atoms with Crippen LogP contribution in [0.15, 0.2) is 206 Å². The fourth-order valence-corrected chi connectivity index (χ4v) is 13.5. The summed E-state index contributed by atoms with van der Waals surface area (Å²) in [6, 6.07) is 70.4. The highest BCUT2D eigenvalue weighted by atomic mass is 15.2. The van der Waals surface area contributed by atoms with Gasteiger partial charge in [-0.25, -0.2) is 0 Å². The van der Waals surface area contributed by atoms with Gasteiger partial charge in [0.15, 0.2) is 0 Å². The Kier molecular flexibility index (Phi) is 8.67. The largest absolute Gasteiger partial charge is 0.333 e. The number of rotatable bonds is 5. The van der Waals surface area contributed by atoms with Crippen LogP contribution < -0.4 is 9.80 Å². The third kappa shape index (κ3) is 5.62. The molecule has 2 atom stereocenters. The average molecular weight is 899 g/mol. The van der Waals surface area contributed by atoms with Crippen molar-refractivity contribution in [1.29, 1.82) is 0 Å². The first-order chi connectivity index (χ1) is 34.1. The van der Waals surface area contributed by atoms with Gasteiger partial charge in [-0.1, -0.05) is 188 Å². The molecule has 14 rings (SSSR count). The van der Waals surface area contributed by atoms with Crippen molar-refractivity contribution in [1.82, 2.24) is 0 Å². The molecule has 0 fully saturated rings. The van der Waals surface area contributed by atoms with Crippen molar-refractivity contribution in [2.75, 3.05) is 9.80 Å². The summed E-state index contributed by atoms with van der Waals surface area (Å²) >= 11 is 0. The Morgan fingerprint density at radius 1 is 0.429 bits per heavy atom. The maximum absolute atomic E-state index is 2.57. The van der Waals surface area contributed by atoms with E-state index < -0.39 is 5.41 Å². The van der Waals surface area contributed by atoms with E-state index in [1.54, 1.807) is 0 Å². The van der Waals surface area contributed by atoms with Crippen molar-refractivity contribution in [2.45, 2.75) is 64.3 Å². The van der Waals surface area contributed by atoms with Gasteiger partial charge in [0.2, 0.25) is 0 Å². The number of hydrogen-bond donors (Lipinski definition) is 0. The van der Waals surface area contributed by atoms with Gasteiger partial charge in [-0.2, -0.15) is 0 Å². The van der Waals surface area contributed by atoms with Crippen molar-refractivity contribution in [3.05, 3.63) is 267 Å². The SMILES string of the molecule is Cc1ccc2c(c1)C1(c3cc(C)ccc3-2)c2cc(C)ccc2-c2c(N(c3ccc(-c4ccc(N5c6ccccc6C6C=CC=CC65)cc4)cc3)c3ccc4c(c3)C(C)(C)c3ccccc3-4)cc(C)cc21. The molecular formula is C68H54N2. The second kappa shape index (κ2) is 14.8. The molecule has 0 amide bonds. The van der Waals surface area contributed by atoms with Gasteiger partial charge in [0.25, 0.3) is 0 Å². The summed E-state index contributed by atoms with van der Waals surface area (Å²) in [5.41, 5.74) is 30.5. The van der Waals surface area contributed by atoms with E-state index in [0.29, 0.717) is 5.92 Å². The first-order valence-corrected chi connectivity index (χ1v) is 25.1. The predicted molar refractivity (Wildman–Crippen MR) is 293 cm³/mol. The molecule has 1 heterocycles. The predicted octanol–water partition coefficient (Wildman–Crippen LogP) is 17.4. The van der Waals surface area contributed by atoms with Gasteiger partial charge < -0.3 is 9.80 Å². The van der Waals surface area contributed by atoms with E-state index in [1.165, 1.54) is 123 Å². The Labute approximate surface area is 412 Å². The van der Waals surface area contributed by atoms with Gasteiger partial charge in [0, 0.05) is 39.6 Å². The zero-order chi connectivity index (χ0) is 47.2. The minimum Gasteiger partial charge on any atom is -0.333 e. The zero-order valence-electron chi connectivity index (χ0n) is 40.7. The molecule has 0 saturated carbocycles. The minimum absolute atomic E-state index is 0.151. The van der Waals surface area contributed by atoms with Crippen LogP contribution in [0.5, 0.6) is 0 Å². The van der Waals surface area contributed by atoms with E-state index in [9.17, 15) is 0 Å². The first kappa shape index (κ1) is 41.1. The highest BCUT2D eigenvalue weighted by Gasteiger charge is 2.53. The van der Waals surface area contributed by atoms with Crippen LogP contribution in [-0.4, -0.2) is 6.04 Å². The molecule has 9 aromatic carbocycles. The molecular weight excluding hydrogens is 845 g/mol. The van der Waals surface area contributed by atoms with Crippen molar-refractivity contribution < 1.29 is 0 Å². The van der Waals surface area contributed by atoms with Crippen molar-refractivity contribution >= 4 is 28.4 Å². The lowest BCUT2D eigenvalue weighted by atomic mass is 9.69. The van der Waals surface area contributed by atoms with E-state index in [1.807, 2.05) is 0 Å². The standard InChI is InChI=1S/C68H54N2/c1-41-19-31-52-53-32-20-42(2)36-60(53)68(59(52)35-41)61-37-43(3)21-33-56(61)66-62(68)38-44(4)39-65(66)69(49-30-34-51-50-13-7-10-16-57(50)67(5,6)58(51)40-49)47-26-22-45(23-27-47)46-24-28-48(29-25-46)70-63-17-11-8-14-54(63)55-15-9-12-18-64(55)70/h7-40,54,63H,1-6H3. The quantitative estimate of drug-likeness (QED) is 0.170. The minimum atomic E-state index is -0.467. The number of benzene rings is 9. The molecule has 2 heteroatoms. The van der Waals surface area contributed by atoms with E-state index in [4.69, 9.17) is 0 Å². The summed E-state index contributed by atoms with van der Waals surface area (Å²) in [5, 5.41) is 0. The Balaban J connectivity index is 0.952. The third-order valence-corrected chi connectivity index (χ3v) is 16.6. The Morgan fingerprint density at radius 2 is 0.971 bits per heavy atom. The zero-order valence-corrected chi connectivity index (χ0v) is 40.7. The molecule has 4 aliphatic carbocycles. The number of hydrogen-bond acceptors (Lipinski definition) is 2. The molecule has 2 unspecified atom stereocenters. The second-order valence-electron chi connectivity index (χ2n) is 21.1. The fraction of sp³-hybridized carbons (Fsp3) is 0.147. The van der Waals surface area contributed by atoms with Gasteiger partial charge in [-0.15, -0.1) is 0 Å². The van der Waals surface area contributed by atoms with Crippen molar-refractivity contribution in [2.24, 2.45) is 0 Å². The molecule has 2 nitrogen and oxygen atoms in total. The Hall–Kier alpha value is -7.94. The number of anilines is 5. The normalized spacial score (nSPS) is 17.4. The van der Waals surface area contributed by atoms with Crippen LogP contribution in [0.4, 0.5) is 28.4 Å². The molecule has 9 aromatic rings. The van der Waals surface area contributed by atoms with Crippen molar-refractivity contribution in [3.8, 4) is 44.5 Å². The molecule has 0 N–H and O–H groups in total. The second-order valence-corrected chi connectivity index (χ2v) is 21.1. The van der Waals surface area contributed by atoms with Crippen LogP contribution >= 0.6 is 0 Å². The first-order valence-electron chi connectivity index (χ1n) is 25.1. The molecule has 0 saturated heterocycles. The molecule has 0 bridgehead atoms. The highest BCUT2D eigenvalue weighted by molar-refractivity contribution is 6.02. The molecule has 1 aliphatic heterocycles. The third-order valence-electron chi connectivity index (χ3n) is 16.6. The Bertz CT molecular complexity index is 3700. The average Bonchev–Trinajstić information content (AvgIpc) is 4.04. The number of fused-ring (bicyclic) bond motifs is 16. The lowest BCUT2D eigenvalue weighted by molar-refractivity contribution is 0.660. The van der Waals surface area contributed by atoms with Gasteiger partial charge in [0.05, 0.1) is 17.1 Å². The maximum Gasteiger partial charge on any atom is 0.0726 e. The topological polar surface area (TPSA) is 6.48 Å². The van der Waals surface area contributed by atoms with E-state index in [0.717, 1.165) is 11.4 Å². The molecule has 336 valence electrons. The van der Waals surface area contributed by atoms with Gasteiger partial charge in [-0.05, 0) is 160 Å². The molecule has 5 aliphatic rings. The van der Waals surface area contributed by atoms with Gasteiger partial charge in [-0.3, -0.25) is 0 Å². The highest BCUT2D eigenvalue weighted by Crippen LogP contribution is 2.65.